The van der Waals surface area contributed by atoms with Gasteiger partial charge < -0.3 is 4.57 Å². The molecular formula is C15H16FNO. The molecule has 0 aliphatic heterocycles. The van der Waals surface area contributed by atoms with Crippen molar-refractivity contribution in [2.75, 3.05) is 0 Å². The topological polar surface area (TPSA) is 22.0 Å². The molecule has 0 spiro atoms. The average Bonchev–Trinajstić information content (AvgIpc) is 2.64. The van der Waals surface area contributed by atoms with E-state index in [2.05, 4.69) is 4.57 Å². The molecule has 0 saturated heterocycles. The number of hydrogen-bond donors (Lipinski definition) is 0. The van der Waals surface area contributed by atoms with E-state index in [1.165, 1.54) is 6.07 Å². The van der Waals surface area contributed by atoms with E-state index >= 15 is 0 Å². The van der Waals surface area contributed by atoms with Gasteiger partial charge in [0.05, 0.1) is 0 Å². The Morgan fingerprint density at radius 2 is 2.00 bits per heavy atom. The molecule has 0 aliphatic rings. The van der Waals surface area contributed by atoms with Gasteiger partial charge in [-0.15, -0.1) is 0 Å². The van der Waals surface area contributed by atoms with Gasteiger partial charge in [0.1, 0.15) is 5.82 Å². The molecule has 2 aromatic rings. The van der Waals surface area contributed by atoms with E-state index < -0.39 is 0 Å². The first-order chi connectivity index (χ1) is 8.63. The Morgan fingerprint density at radius 3 is 2.61 bits per heavy atom. The lowest BCUT2D eigenvalue weighted by Gasteiger charge is -2.09. The standard InChI is InChI=1S/C15H16FNO/c1-11-9-14(10-18)12(2)17(11)8-7-13-5-3-4-6-15(13)16/h3-6,9-10H,7-8H2,1-2H3. The number of hydrogen-bond acceptors (Lipinski definition) is 1. The molecule has 1 heterocycles. The quantitative estimate of drug-likeness (QED) is 0.757. The van der Waals surface area contributed by atoms with Crippen molar-refractivity contribution in [3.63, 3.8) is 0 Å². The number of carbonyl (C=O) groups excluding carboxylic acids is 1. The van der Waals surface area contributed by atoms with E-state index in [1.807, 2.05) is 26.0 Å². The van der Waals surface area contributed by atoms with Crippen LogP contribution in [0.15, 0.2) is 30.3 Å². The fourth-order valence-electron chi connectivity index (χ4n) is 2.22. The van der Waals surface area contributed by atoms with Gasteiger partial charge in [-0.2, -0.15) is 0 Å². The first kappa shape index (κ1) is 12.6. The SMILES string of the molecule is Cc1cc(C=O)c(C)n1CCc1ccccc1F. The minimum Gasteiger partial charge on any atom is -0.348 e. The average molecular weight is 245 g/mol. The Balaban J connectivity index is 2.18. The number of nitrogens with zero attached hydrogens (tertiary/aromatic N) is 1. The van der Waals surface area contributed by atoms with Crippen LogP contribution in [-0.4, -0.2) is 10.9 Å². The van der Waals surface area contributed by atoms with E-state index in [-0.39, 0.29) is 5.82 Å². The molecule has 0 unspecified atom stereocenters. The van der Waals surface area contributed by atoms with Gasteiger partial charge in [-0.1, -0.05) is 18.2 Å². The number of rotatable bonds is 4. The number of aryl methyl sites for hydroxylation is 2. The Labute approximate surface area is 106 Å². The normalized spacial score (nSPS) is 10.6. The summed E-state index contributed by atoms with van der Waals surface area (Å²) in [6, 6.07) is 8.66. The summed E-state index contributed by atoms with van der Waals surface area (Å²) in [6.07, 6.45) is 1.49. The number of benzene rings is 1. The van der Waals surface area contributed by atoms with Crippen LogP contribution < -0.4 is 0 Å². The van der Waals surface area contributed by atoms with Crippen LogP contribution in [0.5, 0.6) is 0 Å². The summed E-state index contributed by atoms with van der Waals surface area (Å²) in [6.45, 7) is 4.56. The van der Waals surface area contributed by atoms with Gasteiger partial charge in [0.25, 0.3) is 0 Å². The minimum atomic E-state index is -0.171. The van der Waals surface area contributed by atoms with E-state index in [9.17, 15) is 9.18 Å². The van der Waals surface area contributed by atoms with Crippen LogP contribution in [-0.2, 0) is 13.0 Å². The molecule has 0 radical (unpaired) electrons. The Bertz CT molecular complexity index is 572. The molecular weight excluding hydrogens is 229 g/mol. The molecule has 0 amide bonds. The van der Waals surface area contributed by atoms with Crippen molar-refractivity contribution in [3.05, 3.63) is 58.7 Å². The van der Waals surface area contributed by atoms with Crippen molar-refractivity contribution in [3.8, 4) is 0 Å². The van der Waals surface area contributed by atoms with Gasteiger partial charge in [-0.3, -0.25) is 4.79 Å². The third kappa shape index (κ3) is 2.35. The van der Waals surface area contributed by atoms with Gasteiger partial charge in [-0.05, 0) is 38.0 Å². The molecule has 0 aliphatic carbocycles. The van der Waals surface area contributed by atoms with Crippen molar-refractivity contribution >= 4 is 6.29 Å². The van der Waals surface area contributed by atoms with E-state index in [0.29, 0.717) is 24.1 Å². The van der Waals surface area contributed by atoms with Crippen LogP contribution in [0.1, 0.15) is 27.3 Å². The van der Waals surface area contributed by atoms with E-state index in [4.69, 9.17) is 0 Å². The maximum Gasteiger partial charge on any atom is 0.151 e. The van der Waals surface area contributed by atoms with Crippen LogP contribution in [0.2, 0.25) is 0 Å². The molecule has 0 saturated carbocycles. The fraction of sp³-hybridized carbons (Fsp3) is 0.267. The molecule has 2 rings (SSSR count). The summed E-state index contributed by atoms with van der Waals surface area (Å²) in [5.41, 5.74) is 3.39. The molecule has 1 aromatic heterocycles. The third-order valence-corrected chi connectivity index (χ3v) is 3.30. The Morgan fingerprint density at radius 1 is 1.28 bits per heavy atom. The largest absolute Gasteiger partial charge is 0.348 e. The molecule has 3 heteroatoms. The van der Waals surface area contributed by atoms with Crippen molar-refractivity contribution in [1.29, 1.82) is 0 Å². The molecule has 0 bridgehead atoms. The van der Waals surface area contributed by atoms with Crippen LogP contribution in [0.3, 0.4) is 0 Å². The highest BCUT2D eigenvalue weighted by Gasteiger charge is 2.09. The number of halogens is 1. The summed E-state index contributed by atoms with van der Waals surface area (Å²) in [5, 5.41) is 0. The minimum absolute atomic E-state index is 0.171. The summed E-state index contributed by atoms with van der Waals surface area (Å²) >= 11 is 0. The number of carbonyl (C=O) groups is 1. The van der Waals surface area contributed by atoms with Crippen molar-refractivity contribution in [2.45, 2.75) is 26.8 Å². The highest BCUT2D eigenvalue weighted by Crippen LogP contribution is 2.15. The summed E-state index contributed by atoms with van der Waals surface area (Å²) < 4.78 is 15.6. The molecule has 2 nitrogen and oxygen atoms in total. The van der Waals surface area contributed by atoms with Gasteiger partial charge in [-0.25, -0.2) is 4.39 Å². The Kier molecular flexibility index (Phi) is 3.60. The zero-order valence-corrected chi connectivity index (χ0v) is 10.6. The lowest BCUT2D eigenvalue weighted by atomic mass is 10.1. The van der Waals surface area contributed by atoms with Gasteiger partial charge in [0.15, 0.2) is 6.29 Å². The highest BCUT2D eigenvalue weighted by molar-refractivity contribution is 5.77. The van der Waals surface area contributed by atoms with E-state index in [0.717, 1.165) is 17.7 Å². The predicted molar refractivity (Wildman–Crippen MR) is 69.4 cm³/mol. The Hall–Kier alpha value is -1.90. The zero-order chi connectivity index (χ0) is 13.1. The van der Waals surface area contributed by atoms with Gasteiger partial charge in [0.2, 0.25) is 0 Å². The van der Waals surface area contributed by atoms with Crippen molar-refractivity contribution < 1.29 is 9.18 Å². The zero-order valence-electron chi connectivity index (χ0n) is 10.6. The molecule has 0 fully saturated rings. The molecule has 18 heavy (non-hydrogen) atoms. The summed E-state index contributed by atoms with van der Waals surface area (Å²) in [7, 11) is 0. The summed E-state index contributed by atoms with van der Waals surface area (Å²) in [4.78, 5) is 10.8. The van der Waals surface area contributed by atoms with Crippen molar-refractivity contribution in [1.82, 2.24) is 4.57 Å². The van der Waals surface area contributed by atoms with Crippen LogP contribution in [0.4, 0.5) is 4.39 Å². The number of aromatic nitrogens is 1. The van der Waals surface area contributed by atoms with Crippen molar-refractivity contribution in [2.24, 2.45) is 0 Å². The van der Waals surface area contributed by atoms with Gasteiger partial charge >= 0.3 is 0 Å². The maximum atomic E-state index is 13.5. The monoisotopic (exact) mass is 245 g/mol. The molecule has 0 atom stereocenters. The lowest BCUT2D eigenvalue weighted by molar-refractivity contribution is 0.112. The smallest absolute Gasteiger partial charge is 0.151 e. The summed E-state index contributed by atoms with van der Waals surface area (Å²) in [5.74, 6) is -0.171. The first-order valence-corrected chi connectivity index (χ1v) is 5.99. The van der Waals surface area contributed by atoms with Crippen LogP contribution in [0, 0.1) is 19.7 Å². The van der Waals surface area contributed by atoms with E-state index in [1.54, 1.807) is 12.1 Å². The second kappa shape index (κ2) is 5.17. The highest BCUT2D eigenvalue weighted by atomic mass is 19.1. The lowest BCUT2D eigenvalue weighted by Crippen LogP contribution is -2.06. The molecule has 1 aromatic carbocycles. The second-order valence-corrected chi connectivity index (χ2v) is 4.44. The van der Waals surface area contributed by atoms with Crippen LogP contribution in [0.25, 0.3) is 0 Å². The third-order valence-electron chi connectivity index (χ3n) is 3.30. The first-order valence-electron chi connectivity index (χ1n) is 5.99. The predicted octanol–water partition coefficient (Wildman–Crippen LogP) is 3.30. The fourth-order valence-corrected chi connectivity index (χ4v) is 2.22. The van der Waals surface area contributed by atoms with Crippen LogP contribution >= 0.6 is 0 Å². The molecule has 0 N–H and O–H groups in total. The molecule has 94 valence electrons. The maximum absolute atomic E-state index is 13.5. The van der Waals surface area contributed by atoms with Gasteiger partial charge in [0, 0.05) is 23.5 Å². The second-order valence-electron chi connectivity index (χ2n) is 4.44. The number of aldehydes is 1.